The van der Waals surface area contributed by atoms with Crippen LogP contribution in [0.2, 0.25) is 0 Å². The molecule has 0 amide bonds. The van der Waals surface area contributed by atoms with Crippen molar-refractivity contribution in [2.24, 2.45) is 0 Å². The highest BCUT2D eigenvalue weighted by Crippen LogP contribution is 2.18. The highest BCUT2D eigenvalue weighted by Gasteiger charge is 2.11. The van der Waals surface area contributed by atoms with Gasteiger partial charge in [0.25, 0.3) is 0 Å². The first-order chi connectivity index (χ1) is 9.83. The molecular weight excluding hydrogens is 248 g/mol. The number of benzene rings is 1. The highest BCUT2D eigenvalue weighted by molar-refractivity contribution is 5.27. The summed E-state index contributed by atoms with van der Waals surface area (Å²) in [4.78, 5) is 4.45. The van der Waals surface area contributed by atoms with E-state index in [4.69, 9.17) is 4.74 Å². The van der Waals surface area contributed by atoms with Crippen molar-refractivity contribution in [1.29, 1.82) is 0 Å². The van der Waals surface area contributed by atoms with Crippen LogP contribution in [0.4, 0.5) is 0 Å². The molecule has 0 aliphatic carbocycles. The quantitative estimate of drug-likeness (QED) is 0.837. The molecule has 3 heteroatoms. The summed E-state index contributed by atoms with van der Waals surface area (Å²) in [7, 11) is 1.69. The Labute approximate surface area is 121 Å². The van der Waals surface area contributed by atoms with Crippen LogP contribution in [-0.2, 0) is 6.42 Å². The standard InChI is InChI=1S/C17H22N2O/c1-3-18-17(16-6-4-5-13-19-16)12-9-14-7-10-15(20-2)11-8-14/h4-8,10-11,13,17-18H,3,9,12H2,1-2H3. The van der Waals surface area contributed by atoms with Gasteiger partial charge in [0.15, 0.2) is 0 Å². The van der Waals surface area contributed by atoms with Gasteiger partial charge in [-0.25, -0.2) is 0 Å². The van der Waals surface area contributed by atoms with Gasteiger partial charge in [-0.1, -0.05) is 25.1 Å². The summed E-state index contributed by atoms with van der Waals surface area (Å²) in [6.07, 6.45) is 3.92. The third kappa shape index (κ3) is 4.07. The Kier molecular flexibility index (Phi) is 5.56. The van der Waals surface area contributed by atoms with E-state index in [-0.39, 0.29) is 0 Å². The van der Waals surface area contributed by atoms with E-state index in [0.717, 1.165) is 30.8 Å². The summed E-state index contributed by atoms with van der Waals surface area (Å²) in [5.74, 6) is 0.904. The monoisotopic (exact) mass is 270 g/mol. The van der Waals surface area contributed by atoms with E-state index in [1.807, 2.05) is 30.5 Å². The predicted octanol–water partition coefficient (Wildman–Crippen LogP) is 3.37. The van der Waals surface area contributed by atoms with Crippen LogP contribution < -0.4 is 10.1 Å². The van der Waals surface area contributed by atoms with E-state index in [1.54, 1.807) is 7.11 Å². The van der Waals surface area contributed by atoms with Gasteiger partial charge >= 0.3 is 0 Å². The van der Waals surface area contributed by atoms with Gasteiger partial charge in [-0.05, 0) is 49.2 Å². The Balaban J connectivity index is 1.98. The van der Waals surface area contributed by atoms with Crippen LogP contribution in [0.3, 0.4) is 0 Å². The number of aryl methyl sites for hydroxylation is 1. The fourth-order valence-electron chi connectivity index (χ4n) is 2.29. The summed E-state index contributed by atoms with van der Waals surface area (Å²) in [5.41, 5.74) is 2.44. The van der Waals surface area contributed by atoms with E-state index < -0.39 is 0 Å². The molecule has 0 aliphatic heterocycles. The van der Waals surface area contributed by atoms with E-state index in [9.17, 15) is 0 Å². The van der Waals surface area contributed by atoms with Gasteiger partial charge < -0.3 is 10.1 Å². The smallest absolute Gasteiger partial charge is 0.118 e. The lowest BCUT2D eigenvalue weighted by Crippen LogP contribution is -2.22. The molecule has 106 valence electrons. The summed E-state index contributed by atoms with van der Waals surface area (Å²) < 4.78 is 5.18. The van der Waals surface area contributed by atoms with Crippen LogP contribution >= 0.6 is 0 Å². The lowest BCUT2D eigenvalue weighted by Gasteiger charge is -2.17. The first kappa shape index (κ1) is 14.5. The SMILES string of the molecule is CCNC(CCc1ccc(OC)cc1)c1ccccn1. The summed E-state index contributed by atoms with van der Waals surface area (Å²) in [6, 6.07) is 14.7. The molecular formula is C17H22N2O. The fraction of sp³-hybridized carbons (Fsp3) is 0.353. The summed E-state index contributed by atoms with van der Waals surface area (Å²) in [6.45, 7) is 3.08. The van der Waals surface area contributed by atoms with Gasteiger partial charge in [-0.15, -0.1) is 0 Å². The molecule has 0 saturated heterocycles. The Morgan fingerprint density at radius 3 is 2.55 bits per heavy atom. The molecule has 3 nitrogen and oxygen atoms in total. The fourth-order valence-corrected chi connectivity index (χ4v) is 2.29. The van der Waals surface area contributed by atoms with Crippen LogP contribution in [0.15, 0.2) is 48.7 Å². The van der Waals surface area contributed by atoms with Crippen LogP contribution in [0.25, 0.3) is 0 Å². The molecule has 1 N–H and O–H groups in total. The van der Waals surface area contributed by atoms with Gasteiger partial charge in [-0.2, -0.15) is 0 Å². The van der Waals surface area contributed by atoms with Crippen molar-refractivity contribution >= 4 is 0 Å². The van der Waals surface area contributed by atoms with Crippen molar-refractivity contribution in [1.82, 2.24) is 10.3 Å². The highest BCUT2D eigenvalue weighted by atomic mass is 16.5. The minimum Gasteiger partial charge on any atom is -0.497 e. The molecule has 0 radical (unpaired) electrons. The molecule has 0 spiro atoms. The van der Waals surface area contributed by atoms with Crippen LogP contribution in [0, 0.1) is 0 Å². The second-order valence-corrected chi connectivity index (χ2v) is 4.75. The number of nitrogens with one attached hydrogen (secondary N) is 1. The normalized spacial score (nSPS) is 12.1. The average molecular weight is 270 g/mol. The summed E-state index contributed by atoms with van der Waals surface area (Å²) >= 11 is 0. The van der Waals surface area contributed by atoms with Crippen molar-refractivity contribution in [3.63, 3.8) is 0 Å². The van der Waals surface area contributed by atoms with Crippen LogP contribution in [-0.4, -0.2) is 18.6 Å². The second kappa shape index (κ2) is 7.65. The largest absolute Gasteiger partial charge is 0.497 e. The number of hydrogen-bond acceptors (Lipinski definition) is 3. The summed E-state index contributed by atoms with van der Waals surface area (Å²) in [5, 5.41) is 3.50. The predicted molar refractivity (Wildman–Crippen MR) is 82.0 cm³/mol. The van der Waals surface area contributed by atoms with Crippen molar-refractivity contribution in [3.8, 4) is 5.75 Å². The van der Waals surface area contributed by atoms with Gasteiger partial charge in [0.05, 0.1) is 12.8 Å². The first-order valence-electron chi connectivity index (χ1n) is 7.10. The number of aromatic nitrogens is 1. The van der Waals surface area contributed by atoms with E-state index in [1.165, 1.54) is 5.56 Å². The Morgan fingerprint density at radius 1 is 1.15 bits per heavy atom. The molecule has 1 unspecified atom stereocenters. The molecule has 2 aromatic rings. The van der Waals surface area contributed by atoms with E-state index in [2.05, 4.69) is 35.4 Å². The molecule has 1 aromatic heterocycles. The van der Waals surface area contributed by atoms with Crippen molar-refractivity contribution < 1.29 is 4.74 Å². The topological polar surface area (TPSA) is 34.1 Å². The van der Waals surface area contributed by atoms with Crippen LogP contribution in [0.1, 0.15) is 30.6 Å². The molecule has 1 atom stereocenters. The minimum atomic E-state index is 0.309. The van der Waals surface area contributed by atoms with E-state index in [0.29, 0.717) is 6.04 Å². The lowest BCUT2D eigenvalue weighted by atomic mass is 10.0. The molecule has 0 bridgehead atoms. The molecule has 1 heterocycles. The molecule has 1 aromatic carbocycles. The number of ether oxygens (including phenoxy) is 1. The van der Waals surface area contributed by atoms with Crippen LogP contribution in [0.5, 0.6) is 5.75 Å². The third-order valence-electron chi connectivity index (χ3n) is 3.38. The molecule has 0 saturated carbocycles. The maximum Gasteiger partial charge on any atom is 0.118 e. The average Bonchev–Trinajstić information content (AvgIpc) is 2.53. The maximum absolute atomic E-state index is 5.18. The van der Waals surface area contributed by atoms with Crippen molar-refractivity contribution in [3.05, 3.63) is 59.9 Å². The van der Waals surface area contributed by atoms with Gasteiger partial charge in [-0.3, -0.25) is 4.98 Å². The molecule has 2 rings (SSSR count). The number of rotatable bonds is 7. The zero-order valence-electron chi connectivity index (χ0n) is 12.2. The van der Waals surface area contributed by atoms with Gasteiger partial charge in [0.2, 0.25) is 0 Å². The lowest BCUT2D eigenvalue weighted by molar-refractivity contribution is 0.414. The Hall–Kier alpha value is -1.87. The zero-order chi connectivity index (χ0) is 14.2. The minimum absolute atomic E-state index is 0.309. The Bertz CT molecular complexity index is 496. The maximum atomic E-state index is 5.18. The third-order valence-corrected chi connectivity index (χ3v) is 3.38. The molecule has 0 aliphatic rings. The molecule has 20 heavy (non-hydrogen) atoms. The van der Waals surface area contributed by atoms with Crippen molar-refractivity contribution in [2.45, 2.75) is 25.8 Å². The first-order valence-corrected chi connectivity index (χ1v) is 7.10. The van der Waals surface area contributed by atoms with Gasteiger partial charge in [0.1, 0.15) is 5.75 Å². The van der Waals surface area contributed by atoms with Gasteiger partial charge in [0, 0.05) is 12.2 Å². The zero-order valence-corrected chi connectivity index (χ0v) is 12.2. The number of hydrogen-bond donors (Lipinski definition) is 1. The number of pyridine rings is 1. The number of nitrogens with zero attached hydrogens (tertiary/aromatic N) is 1. The van der Waals surface area contributed by atoms with Crippen molar-refractivity contribution in [2.75, 3.05) is 13.7 Å². The Morgan fingerprint density at radius 2 is 1.95 bits per heavy atom. The molecule has 0 fully saturated rings. The number of methoxy groups -OCH3 is 1. The van der Waals surface area contributed by atoms with E-state index >= 15 is 0 Å². The second-order valence-electron chi connectivity index (χ2n) is 4.75.